The van der Waals surface area contributed by atoms with Crippen LogP contribution < -0.4 is 10.1 Å². The van der Waals surface area contributed by atoms with E-state index >= 15 is 0 Å². The molecule has 0 bridgehead atoms. The van der Waals surface area contributed by atoms with Gasteiger partial charge < -0.3 is 10.1 Å². The van der Waals surface area contributed by atoms with E-state index in [0.717, 1.165) is 12.6 Å². The van der Waals surface area contributed by atoms with Crippen LogP contribution in [0.5, 0.6) is 5.75 Å². The van der Waals surface area contributed by atoms with Gasteiger partial charge in [-0.1, -0.05) is 20.8 Å². The van der Waals surface area contributed by atoms with Crippen LogP contribution in [0.2, 0.25) is 0 Å². The highest BCUT2D eigenvalue weighted by Gasteiger charge is 2.08. The maximum atomic E-state index is 13.2. The molecule has 1 unspecified atom stereocenters. The van der Waals surface area contributed by atoms with Gasteiger partial charge in [-0.2, -0.15) is 0 Å². The largest absolute Gasteiger partial charge is 0.490 e. The zero-order chi connectivity index (χ0) is 12.8. The number of ether oxygens (including phenoxy) is 1. The summed E-state index contributed by atoms with van der Waals surface area (Å²) in [4.78, 5) is 0. The van der Waals surface area contributed by atoms with Crippen LogP contribution in [0.15, 0.2) is 18.2 Å². The van der Waals surface area contributed by atoms with Crippen molar-refractivity contribution in [2.45, 2.75) is 26.8 Å². The molecule has 0 fully saturated rings. The van der Waals surface area contributed by atoms with Crippen LogP contribution in [0.3, 0.4) is 0 Å². The molecule has 0 amide bonds. The summed E-state index contributed by atoms with van der Waals surface area (Å²) in [7, 11) is 0. The lowest BCUT2D eigenvalue weighted by atomic mass is 10.2. The minimum atomic E-state index is -0.658. The molecule has 1 aromatic rings. The summed E-state index contributed by atoms with van der Waals surface area (Å²) in [5.41, 5.74) is 0. The highest BCUT2D eigenvalue weighted by molar-refractivity contribution is 5.24. The van der Waals surface area contributed by atoms with Gasteiger partial charge in [0.2, 0.25) is 0 Å². The molecule has 0 aliphatic carbocycles. The summed E-state index contributed by atoms with van der Waals surface area (Å²) in [5, 5.41) is 3.27. The van der Waals surface area contributed by atoms with Gasteiger partial charge >= 0.3 is 0 Å². The molecule has 17 heavy (non-hydrogen) atoms. The van der Waals surface area contributed by atoms with Crippen LogP contribution in [-0.4, -0.2) is 19.2 Å². The maximum Gasteiger partial charge on any atom is 0.167 e. The van der Waals surface area contributed by atoms with Crippen molar-refractivity contribution in [2.75, 3.05) is 13.2 Å². The summed E-state index contributed by atoms with van der Waals surface area (Å²) in [6.07, 6.45) is 0. The number of rotatable bonds is 6. The number of hydrogen-bond acceptors (Lipinski definition) is 2. The van der Waals surface area contributed by atoms with Crippen molar-refractivity contribution >= 4 is 0 Å². The zero-order valence-corrected chi connectivity index (χ0v) is 10.5. The van der Waals surface area contributed by atoms with E-state index in [0.29, 0.717) is 12.6 Å². The van der Waals surface area contributed by atoms with Gasteiger partial charge in [0.15, 0.2) is 11.6 Å². The van der Waals surface area contributed by atoms with Crippen LogP contribution in [0.4, 0.5) is 8.78 Å². The predicted octanol–water partition coefficient (Wildman–Crippen LogP) is 2.98. The van der Waals surface area contributed by atoms with E-state index in [-0.39, 0.29) is 11.7 Å². The van der Waals surface area contributed by atoms with Gasteiger partial charge in [0.25, 0.3) is 0 Å². The topological polar surface area (TPSA) is 21.3 Å². The second-order valence-corrected chi connectivity index (χ2v) is 4.55. The van der Waals surface area contributed by atoms with Gasteiger partial charge in [-0.3, -0.25) is 0 Å². The molecule has 1 N–H and O–H groups in total. The average Bonchev–Trinajstić information content (AvgIpc) is 2.25. The number of nitrogens with one attached hydrogen (secondary N) is 1. The van der Waals surface area contributed by atoms with Crippen molar-refractivity contribution in [3.63, 3.8) is 0 Å². The second kappa shape index (κ2) is 6.55. The van der Waals surface area contributed by atoms with Gasteiger partial charge in [0, 0.05) is 24.6 Å². The third-order valence-corrected chi connectivity index (χ3v) is 2.29. The summed E-state index contributed by atoms with van der Waals surface area (Å²) >= 11 is 0. The first-order valence-electron chi connectivity index (χ1n) is 5.80. The van der Waals surface area contributed by atoms with Crippen LogP contribution in [0, 0.1) is 17.6 Å². The lowest BCUT2D eigenvalue weighted by Crippen LogP contribution is -2.30. The SMILES string of the molecule is CC(CNC(C)C)COc1ccc(F)cc1F. The van der Waals surface area contributed by atoms with E-state index in [1.54, 1.807) is 0 Å². The Hall–Kier alpha value is -1.16. The van der Waals surface area contributed by atoms with Crippen LogP contribution in [0.25, 0.3) is 0 Å². The molecule has 1 atom stereocenters. The molecule has 1 aromatic carbocycles. The normalized spacial score (nSPS) is 12.8. The summed E-state index contributed by atoms with van der Waals surface area (Å²) in [6.45, 7) is 7.35. The zero-order valence-electron chi connectivity index (χ0n) is 10.5. The molecule has 0 heterocycles. The van der Waals surface area contributed by atoms with E-state index in [1.807, 2.05) is 6.92 Å². The van der Waals surface area contributed by atoms with Crippen molar-refractivity contribution in [1.29, 1.82) is 0 Å². The lowest BCUT2D eigenvalue weighted by Gasteiger charge is -2.16. The first-order chi connectivity index (χ1) is 7.99. The molecular formula is C13H19F2NO. The molecule has 0 aliphatic rings. The molecule has 0 saturated heterocycles. The molecule has 2 nitrogen and oxygen atoms in total. The smallest absolute Gasteiger partial charge is 0.167 e. The monoisotopic (exact) mass is 243 g/mol. The first kappa shape index (κ1) is 13.9. The molecular weight excluding hydrogens is 224 g/mol. The molecule has 4 heteroatoms. The Morgan fingerprint density at radius 1 is 1.24 bits per heavy atom. The van der Waals surface area contributed by atoms with Crippen molar-refractivity contribution < 1.29 is 13.5 Å². The fraction of sp³-hybridized carbons (Fsp3) is 0.538. The van der Waals surface area contributed by atoms with Crippen LogP contribution in [-0.2, 0) is 0 Å². The maximum absolute atomic E-state index is 13.2. The van der Waals surface area contributed by atoms with Crippen molar-refractivity contribution in [1.82, 2.24) is 5.32 Å². The second-order valence-electron chi connectivity index (χ2n) is 4.55. The number of halogens is 2. The average molecular weight is 243 g/mol. The molecule has 96 valence electrons. The molecule has 1 rings (SSSR count). The molecule has 0 spiro atoms. The summed E-state index contributed by atoms with van der Waals surface area (Å²) < 4.78 is 31.2. The Bertz CT molecular complexity index is 355. The van der Waals surface area contributed by atoms with Gasteiger partial charge in [-0.25, -0.2) is 8.78 Å². The number of benzene rings is 1. The molecule has 0 saturated carbocycles. The fourth-order valence-electron chi connectivity index (χ4n) is 1.32. The minimum Gasteiger partial charge on any atom is -0.490 e. The van der Waals surface area contributed by atoms with Crippen molar-refractivity contribution in [3.8, 4) is 5.75 Å². The van der Waals surface area contributed by atoms with Crippen LogP contribution >= 0.6 is 0 Å². The third-order valence-electron chi connectivity index (χ3n) is 2.29. The van der Waals surface area contributed by atoms with Gasteiger partial charge in [-0.15, -0.1) is 0 Å². The van der Waals surface area contributed by atoms with E-state index in [1.165, 1.54) is 12.1 Å². The Kier molecular flexibility index (Phi) is 5.35. The molecule has 0 aliphatic heterocycles. The standard InChI is InChI=1S/C13H19F2NO/c1-9(2)16-7-10(3)8-17-13-5-4-11(14)6-12(13)15/h4-6,9-10,16H,7-8H2,1-3H3. The molecule has 0 radical (unpaired) electrons. The van der Waals surface area contributed by atoms with Crippen LogP contribution in [0.1, 0.15) is 20.8 Å². The first-order valence-corrected chi connectivity index (χ1v) is 5.80. The number of hydrogen-bond donors (Lipinski definition) is 1. The Morgan fingerprint density at radius 3 is 2.53 bits per heavy atom. The van der Waals surface area contributed by atoms with E-state index < -0.39 is 11.6 Å². The predicted molar refractivity (Wildman–Crippen MR) is 64.2 cm³/mol. The fourth-order valence-corrected chi connectivity index (χ4v) is 1.32. The summed E-state index contributed by atoms with van der Waals surface area (Å²) in [6, 6.07) is 3.75. The highest BCUT2D eigenvalue weighted by atomic mass is 19.1. The van der Waals surface area contributed by atoms with Gasteiger partial charge in [-0.05, 0) is 12.1 Å². The van der Waals surface area contributed by atoms with Crippen molar-refractivity contribution in [3.05, 3.63) is 29.8 Å². The van der Waals surface area contributed by atoms with Gasteiger partial charge in [0.05, 0.1) is 6.61 Å². The Labute approximate surface area is 101 Å². The lowest BCUT2D eigenvalue weighted by molar-refractivity contribution is 0.243. The highest BCUT2D eigenvalue weighted by Crippen LogP contribution is 2.18. The van der Waals surface area contributed by atoms with Crippen molar-refractivity contribution in [2.24, 2.45) is 5.92 Å². The quantitative estimate of drug-likeness (QED) is 0.829. The van der Waals surface area contributed by atoms with E-state index in [9.17, 15) is 8.78 Å². The Morgan fingerprint density at radius 2 is 1.94 bits per heavy atom. The Balaban J connectivity index is 2.39. The third kappa shape index (κ3) is 5.13. The minimum absolute atomic E-state index is 0.0998. The summed E-state index contributed by atoms with van der Waals surface area (Å²) in [5.74, 6) is -0.886. The van der Waals surface area contributed by atoms with E-state index in [4.69, 9.17) is 4.74 Å². The molecule has 0 aromatic heterocycles. The van der Waals surface area contributed by atoms with E-state index in [2.05, 4.69) is 19.2 Å². The van der Waals surface area contributed by atoms with Gasteiger partial charge in [0.1, 0.15) is 5.82 Å².